The Morgan fingerprint density at radius 2 is 1.90 bits per heavy atom. The van der Waals surface area contributed by atoms with Gasteiger partial charge >= 0.3 is 5.97 Å². The lowest BCUT2D eigenvalue weighted by atomic mass is 10.1. The second-order valence-corrected chi connectivity index (χ2v) is 6.37. The first-order valence-corrected chi connectivity index (χ1v) is 9.63. The van der Waals surface area contributed by atoms with Crippen LogP contribution >= 0.6 is 11.6 Å². The zero-order chi connectivity index (χ0) is 21.2. The summed E-state index contributed by atoms with van der Waals surface area (Å²) in [6.45, 7) is 4.56. The topological polar surface area (TPSA) is 73.9 Å². The Morgan fingerprint density at radius 1 is 1.14 bits per heavy atom. The van der Waals surface area contributed by atoms with E-state index >= 15 is 0 Å². The van der Waals surface area contributed by atoms with Gasteiger partial charge in [-0.05, 0) is 31.6 Å². The average Bonchev–Trinajstić information content (AvgIpc) is 2.72. The van der Waals surface area contributed by atoms with Crippen molar-refractivity contribution >= 4 is 35.2 Å². The van der Waals surface area contributed by atoms with Crippen molar-refractivity contribution in [1.29, 1.82) is 0 Å². The van der Waals surface area contributed by atoms with Gasteiger partial charge < -0.3 is 19.5 Å². The third-order valence-corrected chi connectivity index (χ3v) is 4.15. The highest BCUT2D eigenvalue weighted by atomic mass is 35.5. The predicted molar refractivity (Wildman–Crippen MR) is 114 cm³/mol. The lowest BCUT2D eigenvalue weighted by molar-refractivity contribution is -0.111. The smallest absolute Gasteiger partial charge is 0.341 e. The van der Waals surface area contributed by atoms with E-state index in [4.69, 9.17) is 25.8 Å². The number of methoxy groups -OCH3 is 1. The molecule has 0 radical (unpaired) electrons. The number of esters is 1. The van der Waals surface area contributed by atoms with Gasteiger partial charge in [-0.1, -0.05) is 36.7 Å². The van der Waals surface area contributed by atoms with Crippen LogP contribution in [0.1, 0.15) is 36.2 Å². The van der Waals surface area contributed by atoms with Crippen molar-refractivity contribution in [3.8, 4) is 11.5 Å². The SMILES string of the molecule is CCCOc1ccccc1/C=C/C(=O)Nc1cc(OC)c(C(=O)OCC)cc1Cl. The lowest BCUT2D eigenvalue weighted by Gasteiger charge is -2.12. The molecule has 0 aliphatic heterocycles. The summed E-state index contributed by atoms with van der Waals surface area (Å²) >= 11 is 6.22. The molecular formula is C22H24ClNO5. The molecule has 0 aliphatic carbocycles. The first-order valence-electron chi connectivity index (χ1n) is 9.25. The average molecular weight is 418 g/mol. The minimum atomic E-state index is -0.548. The maximum Gasteiger partial charge on any atom is 0.341 e. The number of carbonyl (C=O) groups is 2. The van der Waals surface area contributed by atoms with Crippen LogP contribution in [0.2, 0.25) is 5.02 Å². The fourth-order valence-corrected chi connectivity index (χ4v) is 2.70. The number of halogens is 1. The standard InChI is InChI=1S/C22H24ClNO5/c1-4-12-29-19-9-7-6-8-15(19)10-11-21(25)24-18-14-20(27-3)16(13-17(18)23)22(26)28-5-2/h6-11,13-14H,4-5,12H2,1-3H3,(H,24,25)/b11-10+. The molecule has 7 heteroatoms. The number of hydrogen-bond donors (Lipinski definition) is 1. The van der Waals surface area contributed by atoms with E-state index in [1.807, 2.05) is 31.2 Å². The zero-order valence-electron chi connectivity index (χ0n) is 16.7. The number of carbonyl (C=O) groups excluding carboxylic acids is 2. The summed E-state index contributed by atoms with van der Waals surface area (Å²) in [4.78, 5) is 24.4. The van der Waals surface area contributed by atoms with Crippen LogP contribution in [0, 0.1) is 0 Å². The van der Waals surface area contributed by atoms with Gasteiger partial charge in [0.05, 0.1) is 31.0 Å². The van der Waals surface area contributed by atoms with E-state index in [2.05, 4.69) is 5.32 Å². The van der Waals surface area contributed by atoms with Gasteiger partial charge in [0.2, 0.25) is 5.91 Å². The van der Waals surface area contributed by atoms with Crippen molar-refractivity contribution in [3.63, 3.8) is 0 Å². The molecule has 1 amide bonds. The molecule has 0 saturated carbocycles. The molecule has 6 nitrogen and oxygen atoms in total. The molecule has 0 heterocycles. The zero-order valence-corrected chi connectivity index (χ0v) is 17.4. The Morgan fingerprint density at radius 3 is 2.59 bits per heavy atom. The molecule has 0 aliphatic rings. The van der Waals surface area contributed by atoms with Crippen LogP contribution in [0.15, 0.2) is 42.5 Å². The summed E-state index contributed by atoms with van der Waals surface area (Å²) in [6.07, 6.45) is 3.94. The van der Waals surface area contributed by atoms with Crippen LogP contribution < -0.4 is 14.8 Å². The number of hydrogen-bond acceptors (Lipinski definition) is 5. The largest absolute Gasteiger partial charge is 0.496 e. The normalized spacial score (nSPS) is 10.6. The fraction of sp³-hybridized carbons (Fsp3) is 0.273. The monoisotopic (exact) mass is 417 g/mol. The van der Waals surface area contributed by atoms with E-state index in [0.29, 0.717) is 18.0 Å². The summed E-state index contributed by atoms with van der Waals surface area (Å²) in [5, 5.41) is 2.88. The van der Waals surface area contributed by atoms with Crippen molar-refractivity contribution in [3.05, 3.63) is 58.6 Å². The number of rotatable bonds is 9. The number of anilines is 1. The van der Waals surface area contributed by atoms with E-state index in [9.17, 15) is 9.59 Å². The van der Waals surface area contributed by atoms with E-state index < -0.39 is 5.97 Å². The molecule has 0 aromatic heterocycles. The van der Waals surface area contributed by atoms with Gasteiger partial charge in [-0.3, -0.25) is 4.79 Å². The highest BCUT2D eigenvalue weighted by Gasteiger charge is 2.17. The predicted octanol–water partition coefficient (Wildman–Crippen LogP) is 4.97. The van der Waals surface area contributed by atoms with Crippen LogP contribution in [0.25, 0.3) is 6.08 Å². The first-order chi connectivity index (χ1) is 14.0. The third-order valence-electron chi connectivity index (χ3n) is 3.84. The third kappa shape index (κ3) is 6.26. The molecule has 0 spiro atoms. The molecule has 2 aromatic carbocycles. The highest BCUT2D eigenvalue weighted by molar-refractivity contribution is 6.34. The van der Waals surface area contributed by atoms with Crippen LogP contribution in [0.4, 0.5) is 5.69 Å². The summed E-state index contributed by atoms with van der Waals surface area (Å²) in [6, 6.07) is 10.3. The summed E-state index contributed by atoms with van der Waals surface area (Å²) in [5.41, 5.74) is 1.30. The summed E-state index contributed by atoms with van der Waals surface area (Å²) in [5.74, 6) is 0.0261. The molecule has 0 unspecified atom stereocenters. The van der Waals surface area contributed by atoms with Gasteiger partial charge in [-0.2, -0.15) is 0 Å². The van der Waals surface area contributed by atoms with Gasteiger partial charge in [-0.25, -0.2) is 4.79 Å². The Balaban J connectivity index is 2.17. The minimum absolute atomic E-state index is 0.190. The van der Waals surface area contributed by atoms with Crippen molar-refractivity contribution in [1.82, 2.24) is 0 Å². The number of para-hydroxylation sites is 1. The molecule has 0 atom stereocenters. The fourth-order valence-electron chi connectivity index (χ4n) is 2.49. The number of ether oxygens (including phenoxy) is 3. The molecule has 29 heavy (non-hydrogen) atoms. The maximum atomic E-state index is 12.4. The molecule has 1 N–H and O–H groups in total. The second-order valence-electron chi connectivity index (χ2n) is 5.96. The number of nitrogens with one attached hydrogen (secondary N) is 1. The Labute approximate surface area is 175 Å². The van der Waals surface area contributed by atoms with Crippen molar-refractivity contribution in [2.24, 2.45) is 0 Å². The van der Waals surface area contributed by atoms with Gasteiger partial charge in [0.1, 0.15) is 17.1 Å². The maximum absolute atomic E-state index is 12.4. The highest BCUT2D eigenvalue weighted by Crippen LogP contribution is 2.31. The Kier molecular flexibility index (Phi) is 8.55. The van der Waals surface area contributed by atoms with Crippen molar-refractivity contribution < 1.29 is 23.8 Å². The van der Waals surface area contributed by atoms with Crippen LogP contribution in [0.3, 0.4) is 0 Å². The van der Waals surface area contributed by atoms with E-state index in [1.165, 1.54) is 25.3 Å². The summed E-state index contributed by atoms with van der Waals surface area (Å²) in [7, 11) is 1.42. The van der Waals surface area contributed by atoms with Crippen LogP contribution in [-0.4, -0.2) is 32.2 Å². The second kappa shape index (κ2) is 11.1. The van der Waals surface area contributed by atoms with Crippen LogP contribution in [-0.2, 0) is 9.53 Å². The van der Waals surface area contributed by atoms with Gasteiger partial charge in [0, 0.05) is 17.7 Å². The minimum Gasteiger partial charge on any atom is -0.496 e. The number of benzene rings is 2. The van der Waals surface area contributed by atoms with Gasteiger partial charge in [0.25, 0.3) is 0 Å². The molecule has 0 saturated heterocycles. The molecule has 0 bridgehead atoms. The quantitative estimate of drug-likeness (QED) is 0.460. The first kappa shape index (κ1) is 22.3. The Bertz CT molecular complexity index is 895. The van der Waals surface area contributed by atoms with Crippen LogP contribution in [0.5, 0.6) is 11.5 Å². The molecule has 2 rings (SSSR count). The van der Waals surface area contributed by atoms with Crippen molar-refractivity contribution in [2.45, 2.75) is 20.3 Å². The van der Waals surface area contributed by atoms with E-state index in [1.54, 1.807) is 13.0 Å². The lowest BCUT2D eigenvalue weighted by Crippen LogP contribution is -2.11. The number of amides is 1. The van der Waals surface area contributed by atoms with Crippen molar-refractivity contribution in [2.75, 3.05) is 25.6 Å². The van der Waals surface area contributed by atoms with E-state index in [-0.39, 0.29) is 28.8 Å². The molecule has 2 aromatic rings. The Hall–Kier alpha value is -2.99. The summed E-state index contributed by atoms with van der Waals surface area (Å²) < 4.78 is 15.9. The van der Waals surface area contributed by atoms with Gasteiger partial charge in [-0.15, -0.1) is 0 Å². The molecular weight excluding hydrogens is 394 g/mol. The molecule has 0 fully saturated rings. The molecule has 154 valence electrons. The van der Waals surface area contributed by atoms with E-state index in [0.717, 1.165) is 12.0 Å². The van der Waals surface area contributed by atoms with Gasteiger partial charge in [0.15, 0.2) is 0 Å².